The molecule has 0 saturated carbocycles. The van der Waals surface area contributed by atoms with Gasteiger partial charge in [0.2, 0.25) is 0 Å². The summed E-state index contributed by atoms with van der Waals surface area (Å²) in [6, 6.07) is 11.2. The number of rotatable bonds is 7. The van der Waals surface area contributed by atoms with Gasteiger partial charge in [0.1, 0.15) is 30.9 Å². The van der Waals surface area contributed by atoms with Crippen LogP contribution in [0.2, 0.25) is 0 Å². The van der Waals surface area contributed by atoms with Crippen molar-refractivity contribution in [2.75, 3.05) is 20.3 Å². The molecule has 0 aromatic heterocycles. The third kappa shape index (κ3) is 4.63. The van der Waals surface area contributed by atoms with Crippen molar-refractivity contribution in [3.8, 4) is 17.2 Å². The summed E-state index contributed by atoms with van der Waals surface area (Å²) in [6.07, 6.45) is -0.809. The SMILES string of the molecule is COc1cc(C)ccc1OCC(O)COc1ccc(F)cc1. The quantitative estimate of drug-likeness (QED) is 0.854. The minimum absolute atomic E-state index is 0.0554. The van der Waals surface area contributed by atoms with Gasteiger partial charge in [-0.15, -0.1) is 0 Å². The third-order valence-electron chi connectivity index (χ3n) is 3.01. The zero-order chi connectivity index (χ0) is 15.9. The molecule has 2 aromatic carbocycles. The fourth-order valence-corrected chi connectivity index (χ4v) is 1.85. The summed E-state index contributed by atoms with van der Waals surface area (Å²) >= 11 is 0. The van der Waals surface area contributed by atoms with E-state index in [1.807, 2.05) is 19.1 Å². The molecule has 0 amide bonds. The predicted octanol–water partition coefficient (Wildman–Crippen LogP) is 2.96. The average molecular weight is 306 g/mol. The monoisotopic (exact) mass is 306 g/mol. The molecule has 0 aliphatic rings. The maximum Gasteiger partial charge on any atom is 0.161 e. The maximum absolute atomic E-state index is 12.8. The molecular weight excluding hydrogens is 287 g/mol. The summed E-state index contributed by atoms with van der Waals surface area (Å²) in [4.78, 5) is 0. The van der Waals surface area contributed by atoms with Crippen LogP contribution in [-0.4, -0.2) is 31.5 Å². The van der Waals surface area contributed by atoms with Crippen molar-refractivity contribution in [1.82, 2.24) is 0 Å². The van der Waals surface area contributed by atoms with Crippen molar-refractivity contribution in [3.05, 3.63) is 53.8 Å². The Morgan fingerprint density at radius 3 is 2.36 bits per heavy atom. The molecule has 0 bridgehead atoms. The highest BCUT2D eigenvalue weighted by Gasteiger charge is 2.10. The van der Waals surface area contributed by atoms with Crippen LogP contribution in [0.15, 0.2) is 42.5 Å². The van der Waals surface area contributed by atoms with Crippen LogP contribution in [0.3, 0.4) is 0 Å². The topological polar surface area (TPSA) is 47.9 Å². The van der Waals surface area contributed by atoms with Crippen molar-refractivity contribution < 1.29 is 23.7 Å². The lowest BCUT2D eigenvalue weighted by molar-refractivity contribution is 0.0616. The van der Waals surface area contributed by atoms with E-state index in [2.05, 4.69) is 0 Å². The number of methoxy groups -OCH3 is 1. The first-order valence-electron chi connectivity index (χ1n) is 6.92. The van der Waals surface area contributed by atoms with Gasteiger partial charge >= 0.3 is 0 Å². The van der Waals surface area contributed by atoms with Crippen LogP contribution in [0.4, 0.5) is 4.39 Å². The summed E-state index contributed by atoms with van der Waals surface area (Å²) in [5.41, 5.74) is 1.06. The van der Waals surface area contributed by atoms with E-state index < -0.39 is 6.10 Å². The number of aliphatic hydroxyl groups excluding tert-OH is 1. The third-order valence-corrected chi connectivity index (χ3v) is 3.01. The van der Waals surface area contributed by atoms with E-state index >= 15 is 0 Å². The predicted molar refractivity (Wildman–Crippen MR) is 81.1 cm³/mol. The van der Waals surface area contributed by atoms with E-state index in [0.29, 0.717) is 17.2 Å². The van der Waals surface area contributed by atoms with Crippen molar-refractivity contribution in [1.29, 1.82) is 0 Å². The number of hydrogen-bond donors (Lipinski definition) is 1. The summed E-state index contributed by atoms with van der Waals surface area (Å²) in [7, 11) is 1.57. The number of benzene rings is 2. The molecular formula is C17H19FO4. The maximum atomic E-state index is 12.8. The first-order chi connectivity index (χ1) is 10.6. The van der Waals surface area contributed by atoms with Crippen molar-refractivity contribution in [2.45, 2.75) is 13.0 Å². The summed E-state index contributed by atoms with van der Waals surface area (Å²) in [6.45, 7) is 2.08. The van der Waals surface area contributed by atoms with E-state index in [9.17, 15) is 9.50 Å². The molecule has 0 aliphatic carbocycles. The molecule has 1 atom stereocenters. The fraction of sp³-hybridized carbons (Fsp3) is 0.294. The van der Waals surface area contributed by atoms with E-state index in [4.69, 9.17) is 14.2 Å². The van der Waals surface area contributed by atoms with E-state index in [-0.39, 0.29) is 19.0 Å². The van der Waals surface area contributed by atoms with E-state index in [0.717, 1.165) is 5.56 Å². The molecule has 1 unspecified atom stereocenters. The van der Waals surface area contributed by atoms with Gasteiger partial charge < -0.3 is 19.3 Å². The molecule has 5 heteroatoms. The Balaban J connectivity index is 1.82. The highest BCUT2D eigenvalue weighted by atomic mass is 19.1. The Labute approximate surface area is 129 Å². The van der Waals surface area contributed by atoms with Crippen LogP contribution in [0.25, 0.3) is 0 Å². The van der Waals surface area contributed by atoms with Crippen LogP contribution in [0, 0.1) is 12.7 Å². The minimum atomic E-state index is -0.809. The second-order valence-corrected chi connectivity index (χ2v) is 4.88. The Hall–Kier alpha value is -2.27. The highest BCUT2D eigenvalue weighted by molar-refractivity contribution is 5.42. The highest BCUT2D eigenvalue weighted by Crippen LogP contribution is 2.27. The number of aliphatic hydroxyl groups is 1. The van der Waals surface area contributed by atoms with E-state index in [1.165, 1.54) is 24.3 Å². The Kier molecular flexibility index (Phi) is 5.61. The van der Waals surface area contributed by atoms with Crippen molar-refractivity contribution in [2.24, 2.45) is 0 Å². The standard InChI is InChI=1S/C17H19FO4/c1-12-3-8-16(17(9-12)20-2)22-11-14(19)10-21-15-6-4-13(18)5-7-15/h3-9,14,19H,10-11H2,1-2H3. The number of halogens is 1. The lowest BCUT2D eigenvalue weighted by atomic mass is 10.2. The summed E-state index contributed by atoms with van der Waals surface area (Å²) in [5, 5.41) is 9.88. The normalized spacial score (nSPS) is 11.8. The molecule has 0 spiro atoms. The zero-order valence-electron chi connectivity index (χ0n) is 12.6. The Morgan fingerprint density at radius 2 is 1.68 bits per heavy atom. The smallest absolute Gasteiger partial charge is 0.161 e. The molecule has 22 heavy (non-hydrogen) atoms. The Morgan fingerprint density at radius 1 is 1.00 bits per heavy atom. The van der Waals surface area contributed by atoms with Gasteiger partial charge in [-0.1, -0.05) is 6.07 Å². The molecule has 1 N–H and O–H groups in total. The average Bonchev–Trinajstić information content (AvgIpc) is 2.53. The lowest BCUT2D eigenvalue weighted by Crippen LogP contribution is -2.25. The number of aryl methyl sites for hydroxylation is 1. The van der Waals surface area contributed by atoms with Gasteiger partial charge in [0.15, 0.2) is 11.5 Å². The molecule has 0 fully saturated rings. The number of ether oxygens (including phenoxy) is 3. The van der Waals surface area contributed by atoms with Gasteiger partial charge in [-0.25, -0.2) is 4.39 Å². The zero-order valence-corrected chi connectivity index (χ0v) is 12.6. The molecule has 2 rings (SSSR count). The second-order valence-electron chi connectivity index (χ2n) is 4.88. The second kappa shape index (κ2) is 7.66. The summed E-state index contributed by atoms with van der Waals surface area (Å²) < 4.78 is 28.9. The van der Waals surface area contributed by atoms with Crippen LogP contribution in [0.5, 0.6) is 17.2 Å². The minimum Gasteiger partial charge on any atom is -0.493 e. The van der Waals surface area contributed by atoms with Gasteiger partial charge in [0.05, 0.1) is 7.11 Å². The van der Waals surface area contributed by atoms with Crippen molar-refractivity contribution in [3.63, 3.8) is 0 Å². The largest absolute Gasteiger partial charge is 0.493 e. The molecule has 118 valence electrons. The lowest BCUT2D eigenvalue weighted by Gasteiger charge is -2.15. The van der Waals surface area contributed by atoms with Crippen LogP contribution in [0.1, 0.15) is 5.56 Å². The summed E-state index contributed by atoms with van der Waals surface area (Å²) in [5.74, 6) is 1.34. The van der Waals surface area contributed by atoms with Crippen molar-refractivity contribution >= 4 is 0 Å². The van der Waals surface area contributed by atoms with Gasteiger partial charge in [0.25, 0.3) is 0 Å². The fourth-order valence-electron chi connectivity index (χ4n) is 1.85. The molecule has 0 heterocycles. The molecule has 0 aliphatic heterocycles. The van der Waals surface area contributed by atoms with Gasteiger partial charge in [-0.05, 0) is 48.9 Å². The Bertz CT molecular complexity index is 598. The van der Waals surface area contributed by atoms with Gasteiger partial charge in [-0.3, -0.25) is 0 Å². The van der Waals surface area contributed by atoms with Crippen LogP contribution < -0.4 is 14.2 Å². The van der Waals surface area contributed by atoms with Gasteiger partial charge in [-0.2, -0.15) is 0 Å². The van der Waals surface area contributed by atoms with Crippen LogP contribution in [-0.2, 0) is 0 Å². The molecule has 4 nitrogen and oxygen atoms in total. The number of hydrogen-bond acceptors (Lipinski definition) is 4. The molecule has 2 aromatic rings. The molecule has 0 saturated heterocycles. The first-order valence-corrected chi connectivity index (χ1v) is 6.92. The van der Waals surface area contributed by atoms with E-state index in [1.54, 1.807) is 13.2 Å². The van der Waals surface area contributed by atoms with Gasteiger partial charge in [0, 0.05) is 0 Å². The first kappa shape index (κ1) is 16.1. The van der Waals surface area contributed by atoms with Crippen LogP contribution >= 0.6 is 0 Å². The molecule has 0 radical (unpaired) electrons.